The summed E-state index contributed by atoms with van der Waals surface area (Å²) in [7, 11) is 0. The van der Waals surface area contributed by atoms with Crippen molar-refractivity contribution >= 4 is 5.78 Å². The van der Waals surface area contributed by atoms with E-state index in [4.69, 9.17) is 0 Å². The molecule has 4 aliphatic rings. The molecule has 0 radical (unpaired) electrons. The molecule has 0 aromatic carbocycles. The third kappa shape index (κ3) is 1.78. The van der Waals surface area contributed by atoms with E-state index in [-0.39, 0.29) is 16.7 Å². The molecule has 2 N–H and O–H groups in total. The van der Waals surface area contributed by atoms with Crippen molar-refractivity contribution in [2.75, 3.05) is 0 Å². The molecule has 0 heterocycles. The lowest BCUT2D eigenvalue weighted by Crippen LogP contribution is -2.58. The van der Waals surface area contributed by atoms with Crippen molar-refractivity contribution in [1.82, 2.24) is 0 Å². The molecule has 0 bridgehead atoms. The molecule has 4 fully saturated rings. The van der Waals surface area contributed by atoms with Gasteiger partial charge in [0.15, 0.2) is 0 Å². The third-order valence-electron chi connectivity index (χ3n) is 8.44. The lowest BCUT2D eigenvalue weighted by Gasteiger charge is -2.61. The Kier molecular flexibility index (Phi) is 3.30. The van der Waals surface area contributed by atoms with Gasteiger partial charge in [0.2, 0.25) is 0 Å². The molecule has 3 heteroatoms. The molecule has 8 atom stereocenters. The third-order valence-corrected chi connectivity index (χ3v) is 8.44. The highest BCUT2D eigenvalue weighted by molar-refractivity contribution is 5.87. The van der Waals surface area contributed by atoms with Crippen LogP contribution >= 0.6 is 0 Å². The monoisotopic (exact) mass is 306 g/mol. The first kappa shape index (κ1) is 15.1. The summed E-state index contributed by atoms with van der Waals surface area (Å²) in [5.74, 6) is 2.62. The van der Waals surface area contributed by atoms with Crippen LogP contribution in [-0.2, 0) is 4.79 Å². The smallest absolute Gasteiger partial charge is 0.139 e. The van der Waals surface area contributed by atoms with Gasteiger partial charge < -0.3 is 10.2 Å². The summed E-state index contributed by atoms with van der Waals surface area (Å²) in [5, 5.41) is 20.6. The Bertz CT molecular complexity index is 489. The highest BCUT2D eigenvalue weighted by atomic mass is 16.3. The largest absolute Gasteiger partial charge is 0.390 e. The van der Waals surface area contributed by atoms with Gasteiger partial charge in [-0.25, -0.2) is 0 Å². The van der Waals surface area contributed by atoms with Gasteiger partial charge in [-0.2, -0.15) is 0 Å². The van der Waals surface area contributed by atoms with E-state index in [0.717, 1.165) is 51.4 Å². The highest BCUT2D eigenvalue weighted by Crippen LogP contribution is 2.65. The maximum absolute atomic E-state index is 12.4. The molecule has 0 spiro atoms. The molecule has 0 aromatic rings. The predicted molar refractivity (Wildman–Crippen MR) is 84.1 cm³/mol. The summed E-state index contributed by atoms with van der Waals surface area (Å²) in [6.07, 6.45) is 6.91. The van der Waals surface area contributed by atoms with Crippen LogP contribution in [0.25, 0.3) is 0 Å². The maximum atomic E-state index is 12.4. The van der Waals surface area contributed by atoms with Gasteiger partial charge >= 0.3 is 0 Å². The molecule has 3 nitrogen and oxygen atoms in total. The van der Waals surface area contributed by atoms with Gasteiger partial charge in [0.25, 0.3) is 0 Å². The van der Waals surface area contributed by atoms with Gasteiger partial charge in [-0.3, -0.25) is 4.79 Å². The number of rotatable bonds is 0. The number of carbonyl (C=O) groups is 1. The lowest BCUT2D eigenvalue weighted by molar-refractivity contribution is -0.173. The Labute approximate surface area is 133 Å². The number of hydrogen-bond donors (Lipinski definition) is 2. The van der Waals surface area contributed by atoms with Crippen LogP contribution in [0.15, 0.2) is 0 Å². The van der Waals surface area contributed by atoms with E-state index in [1.807, 2.05) is 0 Å². The van der Waals surface area contributed by atoms with Gasteiger partial charge in [0.05, 0.1) is 12.2 Å². The van der Waals surface area contributed by atoms with E-state index in [1.165, 1.54) is 0 Å². The van der Waals surface area contributed by atoms with Crippen LogP contribution in [0.1, 0.15) is 65.2 Å². The number of Topliss-reactive ketones (excluding diaryl/α,β-unsaturated/α-hetero) is 1. The van der Waals surface area contributed by atoms with E-state index in [2.05, 4.69) is 13.8 Å². The van der Waals surface area contributed by atoms with Gasteiger partial charge in [0.1, 0.15) is 5.78 Å². The summed E-state index contributed by atoms with van der Waals surface area (Å²) < 4.78 is 0. The maximum Gasteiger partial charge on any atom is 0.139 e. The minimum absolute atomic E-state index is 0.0584. The van der Waals surface area contributed by atoms with Crippen molar-refractivity contribution < 1.29 is 15.0 Å². The lowest BCUT2D eigenvalue weighted by atomic mass is 9.45. The average Bonchev–Trinajstić information content (AvgIpc) is 2.79. The summed E-state index contributed by atoms with van der Waals surface area (Å²) in [4.78, 5) is 12.4. The standard InChI is InChI=1S/C19H30O3/c1-18-10-8-15(20)17(22)14(18)4-3-11-12-5-6-16(21)19(12,2)9-7-13(11)18/h11-15,17,20,22H,3-10H2,1-2H3/t11-,12-,13-,14-,15+,17-,18+,19-/m0/s1. The number of ketones is 1. The Hall–Kier alpha value is -0.410. The predicted octanol–water partition coefficient (Wildman–Crippen LogP) is 2.93. The van der Waals surface area contributed by atoms with Crippen molar-refractivity contribution in [3.63, 3.8) is 0 Å². The number of carbonyl (C=O) groups excluding carboxylic acids is 1. The Morgan fingerprint density at radius 3 is 2.45 bits per heavy atom. The molecule has 0 aromatic heterocycles. The van der Waals surface area contributed by atoms with Crippen molar-refractivity contribution in [1.29, 1.82) is 0 Å². The Balaban J connectivity index is 1.65. The number of aliphatic hydroxyl groups is 2. The molecule has 0 saturated heterocycles. The first-order chi connectivity index (χ1) is 10.4. The summed E-state index contributed by atoms with van der Waals surface area (Å²) in [6.45, 7) is 4.58. The first-order valence-electron chi connectivity index (χ1n) is 9.27. The SMILES string of the molecule is C[C@]12CC[C@@H](O)[C@@H](O)[C@@H]1CC[C@@H]1[C@@H]2CC[C@]2(C)C(=O)CC[C@@H]12. The van der Waals surface area contributed by atoms with E-state index in [0.29, 0.717) is 23.5 Å². The van der Waals surface area contributed by atoms with E-state index >= 15 is 0 Å². The molecule has 0 aliphatic heterocycles. The molecule has 4 rings (SSSR count). The van der Waals surface area contributed by atoms with Crippen molar-refractivity contribution in [3.05, 3.63) is 0 Å². The van der Waals surface area contributed by atoms with Crippen LogP contribution in [0.5, 0.6) is 0 Å². The topological polar surface area (TPSA) is 57.5 Å². The molecule has 0 amide bonds. The second kappa shape index (κ2) is 4.80. The van der Waals surface area contributed by atoms with Gasteiger partial charge in [-0.15, -0.1) is 0 Å². The first-order valence-corrected chi connectivity index (χ1v) is 9.27. The number of fused-ring (bicyclic) bond motifs is 5. The molecule has 0 unspecified atom stereocenters. The van der Waals surface area contributed by atoms with Gasteiger partial charge in [0, 0.05) is 11.8 Å². The number of hydrogen-bond acceptors (Lipinski definition) is 3. The zero-order valence-electron chi connectivity index (χ0n) is 13.9. The second-order valence-corrected chi connectivity index (χ2v) is 9.08. The van der Waals surface area contributed by atoms with Crippen molar-refractivity contribution in [2.45, 2.75) is 77.4 Å². The van der Waals surface area contributed by atoms with E-state index in [1.54, 1.807) is 0 Å². The summed E-state index contributed by atoms with van der Waals surface area (Å²) in [6, 6.07) is 0. The van der Waals surface area contributed by atoms with Gasteiger partial charge in [-0.1, -0.05) is 13.8 Å². The van der Waals surface area contributed by atoms with Crippen LogP contribution < -0.4 is 0 Å². The quantitative estimate of drug-likeness (QED) is 0.723. The molecule has 4 aliphatic carbocycles. The van der Waals surface area contributed by atoms with Crippen LogP contribution in [0.3, 0.4) is 0 Å². The fourth-order valence-electron chi connectivity index (χ4n) is 7.09. The van der Waals surface area contributed by atoms with Crippen LogP contribution in [0.4, 0.5) is 0 Å². The average molecular weight is 306 g/mol. The zero-order chi connectivity index (χ0) is 15.7. The highest BCUT2D eigenvalue weighted by Gasteiger charge is 2.61. The molecule has 4 saturated carbocycles. The van der Waals surface area contributed by atoms with E-state index in [9.17, 15) is 15.0 Å². The van der Waals surface area contributed by atoms with Crippen LogP contribution in [0.2, 0.25) is 0 Å². The fourth-order valence-corrected chi connectivity index (χ4v) is 7.09. The Morgan fingerprint density at radius 1 is 0.909 bits per heavy atom. The second-order valence-electron chi connectivity index (χ2n) is 9.08. The Morgan fingerprint density at radius 2 is 1.68 bits per heavy atom. The van der Waals surface area contributed by atoms with Gasteiger partial charge in [-0.05, 0) is 74.0 Å². The molecular formula is C19H30O3. The molecule has 22 heavy (non-hydrogen) atoms. The number of aliphatic hydroxyl groups excluding tert-OH is 2. The van der Waals surface area contributed by atoms with Crippen molar-refractivity contribution in [3.8, 4) is 0 Å². The van der Waals surface area contributed by atoms with Crippen molar-refractivity contribution in [2.24, 2.45) is 34.5 Å². The minimum atomic E-state index is -0.543. The van der Waals surface area contributed by atoms with E-state index < -0.39 is 12.2 Å². The summed E-state index contributed by atoms with van der Waals surface area (Å²) >= 11 is 0. The summed E-state index contributed by atoms with van der Waals surface area (Å²) in [5.41, 5.74) is 0.103. The van der Waals surface area contributed by atoms with Crippen LogP contribution in [-0.4, -0.2) is 28.2 Å². The zero-order valence-corrected chi connectivity index (χ0v) is 13.9. The molecular weight excluding hydrogens is 276 g/mol. The fraction of sp³-hybridized carbons (Fsp3) is 0.947. The van der Waals surface area contributed by atoms with Crippen LogP contribution in [0, 0.1) is 34.5 Å². The molecule has 124 valence electrons. The minimum Gasteiger partial charge on any atom is -0.390 e. The normalized spacial score (nSPS) is 57.9.